The number of benzene rings is 3. The minimum absolute atomic E-state index is 0.330. The molecule has 0 aromatic heterocycles. The molecule has 134 valence electrons. The van der Waals surface area contributed by atoms with Gasteiger partial charge in [-0.05, 0) is 43.8 Å². The van der Waals surface area contributed by atoms with Crippen molar-refractivity contribution in [1.29, 1.82) is 0 Å². The van der Waals surface area contributed by atoms with E-state index in [0.717, 1.165) is 16.2 Å². The van der Waals surface area contributed by atoms with Crippen LogP contribution < -0.4 is 10.6 Å². The lowest BCUT2D eigenvalue weighted by Crippen LogP contribution is -2.38. The van der Waals surface area contributed by atoms with Gasteiger partial charge in [0.15, 0.2) is 0 Å². The third-order valence-corrected chi connectivity index (χ3v) is 8.09. The van der Waals surface area contributed by atoms with Crippen LogP contribution in [0.3, 0.4) is 0 Å². The molecule has 0 saturated carbocycles. The summed E-state index contributed by atoms with van der Waals surface area (Å²) in [6.07, 6.45) is -0.734. The van der Waals surface area contributed by atoms with Crippen LogP contribution in [0.25, 0.3) is 0 Å². The van der Waals surface area contributed by atoms with E-state index in [1.165, 1.54) is 0 Å². The van der Waals surface area contributed by atoms with Crippen molar-refractivity contribution in [2.75, 3.05) is 7.05 Å². The summed E-state index contributed by atoms with van der Waals surface area (Å²) in [5.41, 5.74) is 0.819. The first-order chi connectivity index (χ1) is 12.5. The SMILES string of the molecule is C[C@H]([C@@H](O)c1ccccc1)N(C)P(=O)(c1ccccc1)c1ccccc1. The normalized spacial score (nSPS) is 14.2. The van der Waals surface area contributed by atoms with Gasteiger partial charge in [0.25, 0.3) is 0 Å². The summed E-state index contributed by atoms with van der Waals surface area (Å²) >= 11 is 0. The predicted octanol–water partition coefficient (Wildman–Crippen LogP) is 3.97. The van der Waals surface area contributed by atoms with Gasteiger partial charge in [0.1, 0.15) is 0 Å². The summed E-state index contributed by atoms with van der Waals surface area (Å²) in [6.45, 7) is 1.91. The summed E-state index contributed by atoms with van der Waals surface area (Å²) < 4.78 is 16.1. The molecule has 0 saturated heterocycles. The fourth-order valence-corrected chi connectivity index (χ4v) is 5.98. The Morgan fingerprint density at radius 1 is 0.769 bits per heavy atom. The smallest absolute Gasteiger partial charge is 0.207 e. The Morgan fingerprint density at radius 3 is 1.58 bits per heavy atom. The number of aliphatic hydroxyl groups excluding tert-OH is 1. The Hall–Kier alpha value is -2.19. The number of rotatable bonds is 6. The maximum Gasteiger partial charge on any atom is 0.207 e. The van der Waals surface area contributed by atoms with Crippen molar-refractivity contribution in [3.05, 3.63) is 96.6 Å². The zero-order valence-corrected chi connectivity index (χ0v) is 16.0. The maximum atomic E-state index is 14.3. The summed E-state index contributed by atoms with van der Waals surface area (Å²) in [6, 6.07) is 28.2. The van der Waals surface area contributed by atoms with Gasteiger partial charge in [-0.3, -0.25) is 4.57 Å². The molecule has 2 atom stereocenters. The molecule has 0 spiro atoms. The molecule has 0 radical (unpaired) electrons. The monoisotopic (exact) mass is 365 g/mol. The van der Waals surface area contributed by atoms with Crippen molar-refractivity contribution in [2.45, 2.75) is 19.1 Å². The molecule has 0 aliphatic rings. The van der Waals surface area contributed by atoms with Crippen LogP contribution in [0.4, 0.5) is 0 Å². The van der Waals surface area contributed by atoms with Crippen molar-refractivity contribution >= 4 is 17.9 Å². The topological polar surface area (TPSA) is 40.5 Å². The molecule has 26 heavy (non-hydrogen) atoms. The Balaban J connectivity index is 2.04. The second-order valence-electron chi connectivity index (χ2n) is 6.42. The minimum atomic E-state index is -3.07. The molecule has 0 fully saturated rings. The van der Waals surface area contributed by atoms with Gasteiger partial charge in [0, 0.05) is 16.7 Å². The van der Waals surface area contributed by atoms with Crippen LogP contribution in [0, 0.1) is 0 Å². The largest absolute Gasteiger partial charge is 0.387 e. The molecule has 4 heteroatoms. The van der Waals surface area contributed by atoms with Crippen LogP contribution in [-0.2, 0) is 4.57 Å². The van der Waals surface area contributed by atoms with Crippen molar-refractivity contribution < 1.29 is 9.67 Å². The first-order valence-corrected chi connectivity index (χ1v) is 10.4. The first-order valence-electron chi connectivity index (χ1n) is 8.72. The number of likely N-dealkylation sites (N-methyl/N-ethyl adjacent to an activating group) is 1. The zero-order valence-electron chi connectivity index (χ0n) is 15.1. The van der Waals surface area contributed by atoms with Crippen LogP contribution >= 0.6 is 7.29 Å². The highest BCUT2D eigenvalue weighted by atomic mass is 31.2. The average molecular weight is 365 g/mol. The van der Waals surface area contributed by atoms with Crippen molar-refractivity contribution in [2.24, 2.45) is 0 Å². The molecule has 0 aliphatic carbocycles. The first kappa shape index (κ1) is 18.6. The van der Waals surface area contributed by atoms with E-state index < -0.39 is 13.4 Å². The fourth-order valence-electron chi connectivity index (χ4n) is 3.16. The van der Waals surface area contributed by atoms with E-state index in [9.17, 15) is 9.67 Å². The molecule has 3 aromatic rings. The number of hydrogen-bond acceptors (Lipinski definition) is 2. The number of nitrogens with zero attached hydrogens (tertiary/aromatic N) is 1. The third kappa shape index (κ3) is 3.52. The second kappa shape index (κ2) is 8.01. The van der Waals surface area contributed by atoms with Crippen LogP contribution in [0.1, 0.15) is 18.6 Å². The molecule has 0 aliphatic heterocycles. The highest BCUT2D eigenvalue weighted by Gasteiger charge is 2.37. The van der Waals surface area contributed by atoms with Crippen molar-refractivity contribution in [1.82, 2.24) is 4.67 Å². The standard InChI is InChI=1S/C22H24NO2P/c1-18(22(24)19-12-6-3-7-13-19)23(2)26(25,20-14-8-4-9-15-20)21-16-10-5-11-17-21/h3-18,22,24H,1-2H3/t18-,22-/m1/s1. The van der Waals surface area contributed by atoms with Crippen LogP contribution in [0.15, 0.2) is 91.0 Å². The second-order valence-corrected chi connectivity index (χ2v) is 9.23. The van der Waals surface area contributed by atoms with Crippen molar-refractivity contribution in [3.8, 4) is 0 Å². The Bertz CT molecular complexity index is 825. The van der Waals surface area contributed by atoms with Gasteiger partial charge in [0.05, 0.1) is 6.10 Å². The Kier molecular flexibility index (Phi) is 5.73. The number of aliphatic hydroxyl groups is 1. The summed E-state index contributed by atoms with van der Waals surface area (Å²) in [5, 5.41) is 12.4. The van der Waals surface area contributed by atoms with Gasteiger partial charge in [-0.2, -0.15) is 0 Å². The van der Waals surface area contributed by atoms with E-state index in [2.05, 4.69) is 0 Å². The van der Waals surface area contributed by atoms with Gasteiger partial charge < -0.3 is 5.11 Å². The Labute approximate surface area is 155 Å². The molecule has 3 nitrogen and oxygen atoms in total. The van der Waals surface area contributed by atoms with Gasteiger partial charge >= 0.3 is 0 Å². The lowest BCUT2D eigenvalue weighted by molar-refractivity contribution is 0.108. The highest BCUT2D eigenvalue weighted by Crippen LogP contribution is 2.49. The zero-order chi connectivity index (χ0) is 18.6. The molecule has 3 rings (SSSR count). The summed E-state index contributed by atoms with van der Waals surface area (Å²) in [7, 11) is -1.24. The molecule has 0 amide bonds. The Morgan fingerprint density at radius 2 is 1.15 bits per heavy atom. The quantitative estimate of drug-likeness (QED) is 0.672. The van der Waals surface area contributed by atoms with E-state index in [-0.39, 0.29) is 6.04 Å². The third-order valence-electron chi connectivity index (χ3n) is 4.84. The highest BCUT2D eigenvalue weighted by molar-refractivity contribution is 7.76. The van der Waals surface area contributed by atoms with Gasteiger partial charge in [0.2, 0.25) is 7.29 Å². The van der Waals surface area contributed by atoms with Gasteiger partial charge in [-0.1, -0.05) is 66.7 Å². The van der Waals surface area contributed by atoms with E-state index in [1.807, 2.05) is 110 Å². The predicted molar refractivity (Wildman–Crippen MR) is 108 cm³/mol. The lowest BCUT2D eigenvalue weighted by atomic mass is 10.0. The summed E-state index contributed by atoms with van der Waals surface area (Å²) in [5.74, 6) is 0. The van der Waals surface area contributed by atoms with E-state index >= 15 is 0 Å². The molecule has 1 N–H and O–H groups in total. The number of hydrogen-bond donors (Lipinski definition) is 1. The van der Waals surface area contributed by atoms with E-state index in [1.54, 1.807) is 0 Å². The molecule has 0 bridgehead atoms. The molecular weight excluding hydrogens is 341 g/mol. The average Bonchev–Trinajstić information content (AvgIpc) is 2.73. The molecular formula is C22H24NO2P. The van der Waals surface area contributed by atoms with Crippen molar-refractivity contribution in [3.63, 3.8) is 0 Å². The molecule has 3 aromatic carbocycles. The summed E-state index contributed by atoms with van der Waals surface area (Å²) in [4.78, 5) is 0. The minimum Gasteiger partial charge on any atom is -0.387 e. The molecule has 0 heterocycles. The fraction of sp³-hybridized carbons (Fsp3) is 0.182. The van der Waals surface area contributed by atoms with E-state index in [0.29, 0.717) is 0 Å². The van der Waals surface area contributed by atoms with Crippen LogP contribution in [-0.4, -0.2) is 22.9 Å². The van der Waals surface area contributed by atoms with Gasteiger partial charge in [-0.25, -0.2) is 4.67 Å². The maximum absolute atomic E-state index is 14.3. The van der Waals surface area contributed by atoms with Crippen LogP contribution in [0.5, 0.6) is 0 Å². The van der Waals surface area contributed by atoms with Gasteiger partial charge in [-0.15, -0.1) is 0 Å². The molecule has 0 unspecified atom stereocenters. The van der Waals surface area contributed by atoms with E-state index in [4.69, 9.17) is 0 Å². The van der Waals surface area contributed by atoms with Crippen LogP contribution in [0.2, 0.25) is 0 Å². The lowest BCUT2D eigenvalue weighted by Gasteiger charge is -2.36.